The fourth-order valence-corrected chi connectivity index (χ4v) is 2.04. The number of nitrogen functional groups attached to an aromatic ring is 1. The van der Waals surface area contributed by atoms with Crippen molar-refractivity contribution in [2.24, 2.45) is 0 Å². The Balaban J connectivity index is 2.35. The van der Waals surface area contributed by atoms with Crippen molar-refractivity contribution in [1.82, 2.24) is 0 Å². The molecule has 0 aliphatic heterocycles. The Hall–Kier alpha value is -2.09. The number of halogens is 5. The monoisotopic (exact) mass is 362 g/mol. The summed E-state index contributed by atoms with van der Waals surface area (Å²) in [5.41, 5.74) is 4.42. The van der Waals surface area contributed by atoms with E-state index in [1.807, 2.05) is 0 Å². The Morgan fingerprint density at radius 1 is 0.952 bits per heavy atom. The SMILES string of the molecule is Nc1cc(C(=O)Nc2cc(F)c(F)cc2F)c(Br)cc1F. The van der Waals surface area contributed by atoms with Gasteiger partial charge in [-0.3, -0.25) is 4.79 Å². The largest absolute Gasteiger partial charge is 0.396 e. The summed E-state index contributed by atoms with van der Waals surface area (Å²) < 4.78 is 52.5. The Labute approximate surface area is 124 Å². The van der Waals surface area contributed by atoms with Gasteiger partial charge in [0.25, 0.3) is 5.91 Å². The molecule has 1 amide bonds. The van der Waals surface area contributed by atoms with Gasteiger partial charge in [0.2, 0.25) is 0 Å². The first-order valence-corrected chi connectivity index (χ1v) is 6.29. The molecule has 0 saturated heterocycles. The van der Waals surface area contributed by atoms with E-state index in [4.69, 9.17) is 5.73 Å². The molecule has 0 unspecified atom stereocenters. The van der Waals surface area contributed by atoms with Crippen molar-refractivity contribution in [2.45, 2.75) is 0 Å². The lowest BCUT2D eigenvalue weighted by molar-refractivity contribution is 0.102. The van der Waals surface area contributed by atoms with E-state index < -0.39 is 34.9 Å². The molecular formula is C13H7BrF4N2O. The molecule has 3 N–H and O–H groups in total. The van der Waals surface area contributed by atoms with Crippen LogP contribution in [0.25, 0.3) is 0 Å². The molecule has 0 atom stereocenters. The van der Waals surface area contributed by atoms with Gasteiger partial charge in [-0.05, 0) is 28.1 Å². The van der Waals surface area contributed by atoms with Gasteiger partial charge in [-0.2, -0.15) is 0 Å². The summed E-state index contributed by atoms with van der Waals surface area (Å²) in [5.74, 6) is -5.44. The first-order valence-electron chi connectivity index (χ1n) is 5.50. The number of amides is 1. The first kappa shape index (κ1) is 15.3. The van der Waals surface area contributed by atoms with Crippen LogP contribution in [-0.2, 0) is 0 Å². The second kappa shape index (κ2) is 5.72. The second-order valence-electron chi connectivity index (χ2n) is 4.05. The highest BCUT2D eigenvalue weighted by atomic mass is 79.9. The van der Waals surface area contributed by atoms with Crippen LogP contribution in [0.5, 0.6) is 0 Å². The fraction of sp³-hybridized carbons (Fsp3) is 0. The van der Waals surface area contributed by atoms with E-state index in [1.165, 1.54) is 0 Å². The molecule has 0 radical (unpaired) electrons. The maximum atomic E-state index is 13.4. The zero-order chi connectivity index (χ0) is 15.7. The number of carbonyl (C=O) groups is 1. The van der Waals surface area contributed by atoms with Crippen molar-refractivity contribution in [3.63, 3.8) is 0 Å². The third-order valence-corrected chi connectivity index (χ3v) is 3.25. The van der Waals surface area contributed by atoms with E-state index in [9.17, 15) is 22.4 Å². The van der Waals surface area contributed by atoms with Crippen molar-refractivity contribution >= 4 is 33.2 Å². The number of carbonyl (C=O) groups excluding carboxylic acids is 1. The molecule has 8 heteroatoms. The molecule has 0 saturated carbocycles. The van der Waals surface area contributed by atoms with E-state index in [-0.39, 0.29) is 15.7 Å². The number of rotatable bonds is 2. The third kappa shape index (κ3) is 3.15. The second-order valence-corrected chi connectivity index (χ2v) is 4.91. The number of nitrogens with one attached hydrogen (secondary N) is 1. The number of hydrogen-bond donors (Lipinski definition) is 2. The predicted octanol–water partition coefficient (Wildman–Crippen LogP) is 3.84. The Morgan fingerprint density at radius 2 is 1.57 bits per heavy atom. The molecule has 110 valence electrons. The standard InChI is InChI=1S/C13H7BrF4N2O/c14-6-2-9(17)11(19)1-5(6)13(21)20-12-4-8(16)7(15)3-10(12)18/h1-4H,19H2,(H,20,21). The number of nitrogens with two attached hydrogens (primary N) is 1. The van der Waals surface area contributed by atoms with E-state index in [0.29, 0.717) is 12.1 Å². The highest BCUT2D eigenvalue weighted by Gasteiger charge is 2.17. The quantitative estimate of drug-likeness (QED) is 0.484. The van der Waals surface area contributed by atoms with Crippen LogP contribution in [0.15, 0.2) is 28.7 Å². The molecule has 3 nitrogen and oxygen atoms in total. The zero-order valence-corrected chi connectivity index (χ0v) is 11.8. The van der Waals surface area contributed by atoms with Gasteiger partial charge >= 0.3 is 0 Å². The van der Waals surface area contributed by atoms with Crippen LogP contribution < -0.4 is 11.1 Å². The van der Waals surface area contributed by atoms with Crippen LogP contribution in [0.1, 0.15) is 10.4 Å². The lowest BCUT2D eigenvalue weighted by atomic mass is 10.1. The van der Waals surface area contributed by atoms with Gasteiger partial charge in [-0.15, -0.1) is 0 Å². The molecule has 21 heavy (non-hydrogen) atoms. The highest BCUT2D eigenvalue weighted by Crippen LogP contribution is 2.25. The van der Waals surface area contributed by atoms with E-state index in [0.717, 1.165) is 12.1 Å². The number of hydrogen-bond acceptors (Lipinski definition) is 2. The van der Waals surface area contributed by atoms with Crippen LogP contribution >= 0.6 is 15.9 Å². The lowest BCUT2D eigenvalue weighted by Gasteiger charge is -2.09. The van der Waals surface area contributed by atoms with Gasteiger partial charge in [-0.25, -0.2) is 17.6 Å². The summed E-state index contributed by atoms with van der Waals surface area (Å²) in [5, 5.41) is 2.05. The fourth-order valence-electron chi connectivity index (χ4n) is 1.55. The topological polar surface area (TPSA) is 55.1 Å². The van der Waals surface area contributed by atoms with Crippen LogP contribution in [0.3, 0.4) is 0 Å². The van der Waals surface area contributed by atoms with Crippen molar-refractivity contribution < 1.29 is 22.4 Å². The van der Waals surface area contributed by atoms with Crippen molar-refractivity contribution in [3.05, 3.63) is 57.6 Å². The van der Waals surface area contributed by atoms with Crippen LogP contribution in [0, 0.1) is 23.3 Å². The average molecular weight is 363 g/mol. The molecule has 2 aromatic carbocycles. The summed E-state index contributed by atoms with van der Waals surface area (Å²) in [6.45, 7) is 0. The maximum Gasteiger partial charge on any atom is 0.256 e. The Bertz CT molecular complexity index is 737. The predicted molar refractivity (Wildman–Crippen MR) is 72.8 cm³/mol. The molecule has 0 aromatic heterocycles. The van der Waals surface area contributed by atoms with Crippen LogP contribution in [0.2, 0.25) is 0 Å². The molecule has 0 aliphatic carbocycles. The van der Waals surface area contributed by atoms with Gasteiger partial charge in [-0.1, -0.05) is 0 Å². The van der Waals surface area contributed by atoms with E-state index in [1.54, 1.807) is 0 Å². The summed E-state index contributed by atoms with van der Waals surface area (Å²) in [7, 11) is 0. The van der Waals surface area contributed by atoms with E-state index >= 15 is 0 Å². The summed E-state index contributed by atoms with van der Waals surface area (Å²) in [6.07, 6.45) is 0. The van der Waals surface area contributed by atoms with Gasteiger partial charge in [0.15, 0.2) is 11.6 Å². The zero-order valence-electron chi connectivity index (χ0n) is 10.2. The highest BCUT2D eigenvalue weighted by molar-refractivity contribution is 9.10. The molecule has 0 fully saturated rings. The molecule has 2 rings (SSSR count). The summed E-state index contributed by atoms with van der Waals surface area (Å²) in [6, 6.07) is 2.81. The molecule has 2 aromatic rings. The maximum absolute atomic E-state index is 13.4. The van der Waals surface area contributed by atoms with E-state index in [2.05, 4.69) is 21.2 Å². The third-order valence-electron chi connectivity index (χ3n) is 2.59. The minimum absolute atomic E-state index is 0.0784. The van der Waals surface area contributed by atoms with Gasteiger partial charge < -0.3 is 11.1 Å². The minimum Gasteiger partial charge on any atom is -0.396 e. The average Bonchev–Trinajstić information content (AvgIpc) is 2.40. The van der Waals surface area contributed by atoms with Gasteiger partial charge in [0, 0.05) is 16.6 Å². The van der Waals surface area contributed by atoms with Crippen molar-refractivity contribution in [1.29, 1.82) is 0 Å². The molecule has 0 heterocycles. The van der Waals surface area contributed by atoms with Crippen molar-refractivity contribution in [3.8, 4) is 0 Å². The molecular weight excluding hydrogens is 356 g/mol. The van der Waals surface area contributed by atoms with Crippen molar-refractivity contribution in [2.75, 3.05) is 11.1 Å². The van der Waals surface area contributed by atoms with Gasteiger partial charge in [0.05, 0.1) is 16.9 Å². The Kier molecular flexibility index (Phi) is 4.17. The normalized spacial score (nSPS) is 10.5. The molecule has 0 aliphatic rings. The number of anilines is 2. The Morgan fingerprint density at radius 3 is 2.24 bits per heavy atom. The lowest BCUT2D eigenvalue weighted by Crippen LogP contribution is -2.15. The molecule has 0 spiro atoms. The number of benzene rings is 2. The molecule has 0 bridgehead atoms. The summed E-state index contributed by atoms with van der Waals surface area (Å²) in [4.78, 5) is 11.9. The smallest absolute Gasteiger partial charge is 0.256 e. The van der Waals surface area contributed by atoms with Crippen LogP contribution in [0.4, 0.5) is 28.9 Å². The summed E-state index contributed by atoms with van der Waals surface area (Å²) >= 11 is 2.96. The van der Waals surface area contributed by atoms with Gasteiger partial charge in [0.1, 0.15) is 11.6 Å². The minimum atomic E-state index is -1.38. The van der Waals surface area contributed by atoms with Crippen LogP contribution in [-0.4, -0.2) is 5.91 Å². The first-order chi connectivity index (χ1) is 9.79.